The van der Waals surface area contributed by atoms with Crippen LogP contribution in [0.4, 0.5) is 0 Å². The molecular formula is C27H32O4. The standard InChI is InChI=1S/C27H32O4/c1-15(2)25(28)30-23-17(5)11-21(12-18(23)6)27(9,10)22-13-19(7)24(20(8)14-22)31-26(29)16(3)4/h11-14H,1,3H2,2,4-10H3. The number of rotatable bonds is 6. The summed E-state index contributed by atoms with van der Waals surface area (Å²) in [5, 5.41) is 0. The van der Waals surface area contributed by atoms with Crippen molar-refractivity contribution in [2.24, 2.45) is 0 Å². The van der Waals surface area contributed by atoms with Crippen LogP contribution in [0.1, 0.15) is 61.1 Å². The largest absolute Gasteiger partial charge is 0.423 e. The first-order chi connectivity index (χ1) is 14.2. The van der Waals surface area contributed by atoms with Gasteiger partial charge in [-0.2, -0.15) is 0 Å². The number of ether oxygens (including phenoxy) is 2. The quantitative estimate of drug-likeness (QED) is 0.317. The fourth-order valence-corrected chi connectivity index (χ4v) is 3.47. The fourth-order valence-electron chi connectivity index (χ4n) is 3.47. The highest BCUT2D eigenvalue weighted by Crippen LogP contribution is 2.38. The lowest BCUT2D eigenvalue weighted by molar-refractivity contribution is -0.131. The maximum atomic E-state index is 12.0. The molecule has 0 fully saturated rings. The number of hydrogen-bond acceptors (Lipinski definition) is 4. The molecule has 0 aliphatic carbocycles. The van der Waals surface area contributed by atoms with Gasteiger partial charge in [0.1, 0.15) is 11.5 Å². The molecule has 0 spiro atoms. The third-order valence-corrected chi connectivity index (χ3v) is 5.45. The molecule has 0 aromatic heterocycles. The second kappa shape index (κ2) is 8.93. The molecule has 0 amide bonds. The molecule has 31 heavy (non-hydrogen) atoms. The van der Waals surface area contributed by atoms with Crippen LogP contribution >= 0.6 is 0 Å². The van der Waals surface area contributed by atoms with Crippen LogP contribution in [0.5, 0.6) is 11.5 Å². The van der Waals surface area contributed by atoms with E-state index >= 15 is 0 Å². The first-order valence-corrected chi connectivity index (χ1v) is 10.2. The average Bonchev–Trinajstić information content (AvgIpc) is 2.66. The zero-order chi connectivity index (χ0) is 23.7. The molecule has 0 saturated heterocycles. The summed E-state index contributed by atoms with van der Waals surface area (Å²) in [6.07, 6.45) is 0. The molecule has 0 bridgehead atoms. The molecule has 0 saturated carbocycles. The van der Waals surface area contributed by atoms with E-state index in [0.717, 1.165) is 33.4 Å². The van der Waals surface area contributed by atoms with Crippen molar-refractivity contribution in [1.29, 1.82) is 0 Å². The van der Waals surface area contributed by atoms with Crippen LogP contribution in [-0.2, 0) is 15.0 Å². The number of aryl methyl sites for hydroxylation is 4. The average molecular weight is 421 g/mol. The highest BCUT2D eigenvalue weighted by Gasteiger charge is 2.27. The molecule has 2 aromatic carbocycles. The van der Waals surface area contributed by atoms with Crippen molar-refractivity contribution in [2.75, 3.05) is 0 Å². The first-order valence-electron chi connectivity index (χ1n) is 10.2. The van der Waals surface area contributed by atoms with Gasteiger partial charge in [-0.25, -0.2) is 9.59 Å². The minimum Gasteiger partial charge on any atom is -0.423 e. The summed E-state index contributed by atoms with van der Waals surface area (Å²) in [5.41, 5.74) is 6.15. The second-order valence-electron chi connectivity index (χ2n) is 8.84. The lowest BCUT2D eigenvalue weighted by Gasteiger charge is -2.29. The van der Waals surface area contributed by atoms with Gasteiger partial charge in [-0.1, -0.05) is 51.3 Å². The van der Waals surface area contributed by atoms with E-state index in [2.05, 4.69) is 27.0 Å². The van der Waals surface area contributed by atoms with Crippen LogP contribution in [0.3, 0.4) is 0 Å². The highest BCUT2D eigenvalue weighted by atomic mass is 16.5. The van der Waals surface area contributed by atoms with Crippen LogP contribution in [0.2, 0.25) is 0 Å². The molecule has 0 radical (unpaired) electrons. The Balaban J connectivity index is 2.47. The summed E-state index contributed by atoms with van der Waals surface area (Å²) in [7, 11) is 0. The Labute approximate surface area is 185 Å². The molecule has 0 atom stereocenters. The van der Waals surface area contributed by atoms with Gasteiger partial charge in [-0.3, -0.25) is 0 Å². The molecule has 0 aliphatic heterocycles. The van der Waals surface area contributed by atoms with Crippen molar-refractivity contribution in [3.05, 3.63) is 82.0 Å². The molecular weight excluding hydrogens is 388 g/mol. The Morgan fingerprint density at radius 3 is 1.16 bits per heavy atom. The van der Waals surface area contributed by atoms with Gasteiger partial charge in [-0.05, 0) is 74.9 Å². The normalized spacial score (nSPS) is 11.1. The SMILES string of the molecule is C=C(C)C(=O)Oc1c(C)cc(C(C)(C)c2cc(C)c(OC(=O)C(=C)C)c(C)c2)cc1C. The number of esters is 2. The van der Waals surface area contributed by atoms with Gasteiger partial charge in [0.25, 0.3) is 0 Å². The summed E-state index contributed by atoms with van der Waals surface area (Å²) in [4.78, 5) is 24.0. The minimum absolute atomic E-state index is 0.321. The van der Waals surface area contributed by atoms with Crippen LogP contribution in [0.25, 0.3) is 0 Å². The molecule has 0 unspecified atom stereocenters. The summed E-state index contributed by atoms with van der Waals surface area (Å²) >= 11 is 0. The monoisotopic (exact) mass is 420 g/mol. The predicted molar refractivity (Wildman–Crippen MR) is 125 cm³/mol. The molecule has 4 heteroatoms. The zero-order valence-corrected chi connectivity index (χ0v) is 19.9. The highest BCUT2D eigenvalue weighted by molar-refractivity contribution is 5.89. The van der Waals surface area contributed by atoms with Crippen molar-refractivity contribution in [1.82, 2.24) is 0 Å². The van der Waals surface area contributed by atoms with Crippen molar-refractivity contribution in [3.63, 3.8) is 0 Å². The fraction of sp³-hybridized carbons (Fsp3) is 0.333. The molecule has 0 heterocycles. The number of benzene rings is 2. The van der Waals surface area contributed by atoms with Crippen molar-refractivity contribution < 1.29 is 19.1 Å². The zero-order valence-electron chi connectivity index (χ0n) is 19.9. The van der Waals surface area contributed by atoms with E-state index < -0.39 is 11.9 Å². The lowest BCUT2D eigenvalue weighted by atomic mass is 9.76. The van der Waals surface area contributed by atoms with Crippen molar-refractivity contribution >= 4 is 11.9 Å². The third kappa shape index (κ3) is 5.13. The van der Waals surface area contributed by atoms with Gasteiger partial charge in [-0.15, -0.1) is 0 Å². The maximum Gasteiger partial charge on any atom is 0.338 e. The van der Waals surface area contributed by atoms with Crippen LogP contribution in [0.15, 0.2) is 48.6 Å². The molecule has 0 aliphatic rings. The molecule has 2 rings (SSSR count). The Morgan fingerprint density at radius 1 is 0.677 bits per heavy atom. The minimum atomic E-state index is -0.427. The molecule has 4 nitrogen and oxygen atoms in total. The molecule has 164 valence electrons. The van der Waals surface area contributed by atoms with E-state index in [1.807, 2.05) is 52.0 Å². The Bertz CT molecular complexity index is 955. The van der Waals surface area contributed by atoms with Gasteiger partial charge >= 0.3 is 11.9 Å². The Hall–Kier alpha value is -3.14. The van der Waals surface area contributed by atoms with E-state index in [9.17, 15) is 9.59 Å². The number of carbonyl (C=O) groups is 2. The van der Waals surface area contributed by atoms with Crippen LogP contribution < -0.4 is 9.47 Å². The maximum absolute atomic E-state index is 12.0. The molecule has 0 N–H and O–H groups in total. The summed E-state index contributed by atoms with van der Waals surface area (Å²) in [6.45, 7) is 22.6. The van der Waals surface area contributed by atoms with Crippen molar-refractivity contribution in [3.8, 4) is 11.5 Å². The van der Waals surface area contributed by atoms with Gasteiger partial charge < -0.3 is 9.47 Å². The number of carbonyl (C=O) groups excluding carboxylic acids is 2. The predicted octanol–water partition coefficient (Wildman–Crippen LogP) is 6.21. The smallest absolute Gasteiger partial charge is 0.338 e. The van der Waals surface area contributed by atoms with Gasteiger partial charge in [0, 0.05) is 16.6 Å². The van der Waals surface area contributed by atoms with E-state index in [1.54, 1.807) is 13.8 Å². The van der Waals surface area contributed by atoms with Crippen LogP contribution in [-0.4, -0.2) is 11.9 Å². The third-order valence-electron chi connectivity index (χ3n) is 5.45. The number of hydrogen-bond donors (Lipinski definition) is 0. The van der Waals surface area contributed by atoms with Gasteiger partial charge in [0.2, 0.25) is 0 Å². The summed E-state index contributed by atoms with van der Waals surface area (Å²) in [6, 6.07) is 8.20. The van der Waals surface area contributed by atoms with Crippen molar-refractivity contribution in [2.45, 2.75) is 60.8 Å². The Morgan fingerprint density at radius 2 is 0.935 bits per heavy atom. The summed E-state index contributed by atoms with van der Waals surface area (Å²) in [5.74, 6) is 0.289. The van der Waals surface area contributed by atoms with Gasteiger partial charge in [0.15, 0.2) is 0 Å². The first kappa shape index (κ1) is 24.1. The second-order valence-corrected chi connectivity index (χ2v) is 8.84. The van der Waals surface area contributed by atoms with Crippen LogP contribution in [0, 0.1) is 27.7 Å². The topological polar surface area (TPSA) is 52.6 Å². The summed E-state index contributed by atoms with van der Waals surface area (Å²) < 4.78 is 11.1. The van der Waals surface area contributed by atoms with Gasteiger partial charge in [0.05, 0.1) is 0 Å². The Kier molecular flexibility index (Phi) is 6.95. The van der Waals surface area contributed by atoms with E-state index in [4.69, 9.17) is 9.47 Å². The molecule has 2 aromatic rings. The lowest BCUT2D eigenvalue weighted by Crippen LogP contribution is -2.21. The van der Waals surface area contributed by atoms with E-state index in [0.29, 0.717) is 22.6 Å². The van der Waals surface area contributed by atoms with E-state index in [-0.39, 0.29) is 5.41 Å². The van der Waals surface area contributed by atoms with E-state index in [1.165, 1.54) is 0 Å².